The van der Waals surface area contributed by atoms with Crippen LogP contribution >= 0.6 is 11.6 Å². The van der Waals surface area contributed by atoms with E-state index in [1.807, 2.05) is 12.2 Å². The third-order valence-corrected chi connectivity index (χ3v) is 4.63. The van der Waals surface area contributed by atoms with Crippen molar-refractivity contribution in [3.63, 3.8) is 0 Å². The molecule has 0 spiro atoms. The first-order valence-corrected chi connectivity index (χ1v) is 6.82. The number of aliphatic hydroxyl groups is 1. The van der Waals surface area contributed by atoms with Gasteiger partial charge < -0.3 is 5.11 Å². The molecule has 0 fully saturated rings. The van der Waals surface area contributed by atoms with E-state index in [1.54, 1.807) is 6.08 Å². The molecule has 2 nitrogen and oxygen atoms in total. The number of ketones is 1. The average molecular weight is 267 g/mol. The highest BCUT2D eigenvalue weighted by Gasteiger charge is 2.54. The van der Waals surface area contributed by atoms with Crippen molar-refractivity contribution >= 4 is 17.4 Å². The fraction of sp³-hybridized carbons (Fsp3) is 0.533. The van der Waals surface area contributed by atoms with E-state index in [1.165, 1.54) is 0 Å². The number of fused-ring (bicyclic) bond motifs is 1. The number of rotatable bonds is 3. The Hall–Kier alpha value is -0.860. The van der Waals surface area contributed by atoms with Crippen LogP contribution in [0.4, 0.5) is 0 Å². The Labute approximate surface area is 113 Å². The molecule has 2 aliphatic rings. The van der Waals surface area contributed by atoms with Gasteiger partial charge in [-0.3, -0.25) is 4.79 Å². The van der Waals surface area contributed by atoms with Gasteiger partial charge in [0, 0.05) is 5.92 Å². The zero-order chi connectivity index (χ0) is 13.4. The Kier molecular flexibility index (Phi) is 3.52. The summed E-state index contributed by atoms with van der Waals surface area (Å²) in [5.41, 5.74) is -0.985. The Bertz CT molecular complexity index is 438. The molecule has 0 heterocycles. The van der Waals surface area contributed by atoms with Gasteiger partial charge in [-0.15, -0.1) is 18.2 Å². The Balaban J connectivity index is 2.52. The van der Waals surface area contributed by atoms with E-state index in [0.29, 0.717) is 18.4 Å². The van der Waals surface area contributed by atoms with Crippen LogP contribution in [0.2, 0.25) is 0 Å². The van der Waals surface area contributed by atoms with Gasteiger partial charge in [-0.05, 0) is 30.3 Å². The van der Waals surface area contributed by atoms with Gasteiger partial charge in [-0.25, -0.2) is 0 Å². The summed E-state index contributed by atoms with van der Waals surface area (Å²) in [5.74, 6) is -0.405. The zero-order valence-corrected chi connectivity index (χ0v) is 11.4. The molecule has 0 saturated carbocycles. The molecule has 0 saturated heterocycles. The lowest BCUT2D eigenvalue weighted by atomic mass is 9.57. The topological polar surface area (TPSA) is 37.3 Å². The highest BCUT2D eigenvalue weighted by molar-refractivity contribution is 6.22. The monoisotopic (exact) mass is 266 g/mol. The van der Waals surface area contributed by atoms with Crippen LogP contribution in [0.5, 0.6) is 0 Å². The molecule has 0 aromatic carbocycles. The summed E-state index contributed by atoms with van der Waals surface area (Å²) in [7, 11) is 0. The second-order valence-corrected chi connectivity index (χ2v) is 5.79. The summed E-state index contributed by atoms with van der Waals surface area (Å²) >= 11 is 5.92. The van der Waals surface area contributed by atoms with E-state index < -0.39 is 5.60 Å². The lowest BCUT2D eigenvalue weighted by Crippen LogP contribution is -2.57. The minimum absolute atomic E-state index is 0.0472. The van der Waals surface area contributed by atoms with Crippen LogP contribution in [0.3, 0.4) is 0 Å². The second-order valence-electron chi connectivity index (χ2n) is 5.52. The van der Waals surface area contributed by atoms with E-state index in [0.717, 1.165) is 6.42 Å². The van der Waals surface area contributed by atoms with E-state index in [9.17, 15) is 9.90 Å². The molecule has 98 valence electrons. The number of carbonyl (C=O) groups excluding carboxylic acids is 1. The normalized spacial score (nSPS) is 39.2. The Morgan fingerprint density at radius 3 is 2.94 bits per heavy atom. The zero-order valence-electron chi connectivity index (χ0n) is 10.7. The van der Waals surface area contributed by atoms with Crippen molar-refractivity contribution in [1.82, 2.24) is 0 Å². The molecule has 2 rings (SSSR count). The van der Waals surface area contributed by atoms with Gasteiger partial charge in [0.05, 0.1) is 5.88 Å². The molecule has 0 aromatic heterocycles. The number of carbonyl (C=O) groups is 1. The molecule has 0 amide bonds. The predicted molar refractivity (Wildman–Crippen MR) is 73.5 cm³/mol. The maximum Gasteiger partial charge on any atom is 0.191 e. The average Bonchev–Trinajstić information content (AvgIpc) is 2.36. The minimum Gasteiger partial charge on any atom is -0.380 e. The number of hydrogen-bond acceptors (Lipinski definition) is 2. The third-order valence-electron chi connectivity index (χ3n) is 4.23. The van der Waals surface area contributed by atoms with Crippen molar-refractivity contribution in [3.8, 4) is 0 Å². The maximum absolute atomic E-state index is 12.4. The molecule has 0 bridgehead atoms. The van der Waals surface area contributed by atoms with Crippen molar-refractivity contribution in [2.75, 3.05) is 5.88 Å². The van der Waals surface area contributed by atoms with E-state index in [2.05, 4.69) is 19.6 Å². The summed E-state index contributed by atoms with van der Waals surface area (Å²) < 4.78 is 0. The van der Waals surface area contributed by atoms with Crippen molar-refractivity contribution < 1.29 is 9.90 Å². The Morgan fingerprint density at radius 1 is 1.61 bits per heavy atom. The number of Topliss-reactive ketones (excluding diaryl/α,β-unsaturated/α-hetero) is 1. The molecule has 1 N–H and O–H groups in total. The van der Waals surface area contributed by atoms with Gasteiger partial charge in [0.1, 0.15) is 5.60 Å². The smallest absolute Gasteiger partial charge is 0.191 e. The molecule has 3 heteroatoms. The fourth-order valence-corrected chi connectivity index (χ4v) is 3.55. The first-order chi connectivity index (χ1) is 8.48. The second kappa shape index (κ2) is 4.67. The molecule has 3 atom stereocenters. The number of allylic oxidation sites excluding steroid dienone is 4. The molecule has 2 aliphatic carbocycles. The summed E-state index contributed by atoms with van der Waals surface area (Å²) in [6.07, 6.45) is 9.89. The van der Waals surface area contributed by atoms with E-state index in [-0.39, 0.29) is 23.0 Å². The first kappa shape index (κ1) is 13.6. The lowest BCUT2D eigenvalue weighted by molar-refractivity contribution is -0.143. The summed E-state index contributed by atoms with van der Waals surface area (Å²) in [6.45, 7) is 5.76. The van der Waals surface area contributed by atoms with Gasteiger partial charge in [-0.1, -0.05) is 31.2 Å². The summed E-state index contributed by atoms with van der Waals surface area (Å²) in [5, 5.41) is 10.7. The molecule has 1 unspecified atom stereocenters. The van der Waals surface area contributed by atoms with Crippen LogP contribution in [0.25, 0.3) is 0 Å². The first-order valence-electron chi connectivity index (χ1n) is 6.28. The molecule has 0 aliphatic heterocycles. The van der Waals surface area contributed by atoms with Crippen LogP contribution in [0, 0.1) is 11.3 Å². The SMILES string of the molecule is C=CCC1=C[C@]2(C)CC=CC[C@@H]2C(O)(CCl)C1=O. The highest BCUT2D eigenvalue weighted by atomic mass is 35.5. The Morgan fingerprint density at radius 2 is 2.33 bits per heavy atom. The minimum atomic E-state index is -1.44. The van der Waals surface area contributed by atoms with Gasteiger partial charge in [0.2, 0.25) is 0 Å². The number of hydrogen-bond donors (Lipinski definition) is 1. The number of halogens is 1. The molecular weight excluding hydrogens is 248 g/mol. The number of alkyl halides is 1. The summed E-state index contributed by atoms with van der Waals surface area (Å²) in [6, 6.07) is 0. The molecule has 0 radical (unpaired) electrons. The van der Waals surface area contributed by atoms with Gasteiger partial charge in [-0.2, -0.15) is 0 Å². The van der Waals surface area contributed by atoms with Crippen molar-refractivity contribution in [2.45, 2.75) is 31.8 Å². The standard InChI is InChI=1S/C15H19ClO2/c1-3-6-11-9-14(2)8-5-4-7-12(14)15(18,10-16)13(11)17/h3-5,9,12,18H,1,6-8,10H2,2H3/t12-,14-,15?/m0/s1. The van der Waals surface area contributed by atoms with Crippen molar-refractivity contribution in [3.05, 3.63) is 36.5 Å². The predicted octanol–water partition coefficient (Wildman–Crippen LogP) is 3.01. The van der Waals surface area contributed by atoms with Crippen LogP contribution < -0.4 is 0 Å². The van der Waals surface area contributed by atoms with Crippen molar-refractivity contribution in [1.29, 1.82) is 0 Å². The third kappa shape index (κ3) is 1.88. The van der Waals surface area contributed by atoms with Crippen LogP contribution in [-0.2, 0) is 4.79 Å². The van der Waals surface area contributed by atoms with Crippen molar-refractivity contribution in [2.24, 2.45) is 11.3 Å². The highest BCUT2D eigenvalue weighted by Crippen LogP contribution is 2.50. The molecule has 0 aromatic rings. The van der Waals surface area contributed by atoms with Crippen LogP contribution in [0.15, 0.2) is 36.5 Å². The van der Waals surface area contributed by atoms with Gasteiger partial charge >= 0.3 is 0 Å². The molecule has 18 heavy (non-hydrogen) atoms. The van der Waals surface area contributed by atoms with Crippen LogP contribution in [0.1, 0.15) is 26.2 Å². The van der Waals surface area contributed by atoms with E-state index in [4.69, 9.17) is 11.6 Å². The van der Waals surface area contributed by atoms with Crippen LogP contribution in [-0.4, -0.2) is 22.4 Å². The van der Waals surface area contributed by atoms with Gasteiger partial charge in [0.25, 0.3) is 0 Å². The largest absolute Gasteiger partial charge is 0.380 e. The van der Waals surface area contributed by atoms with E-state index >= 15 is 0 Å². The fourth-order valence-electron chi connectivity index (χ4n) is 3.24. The quantitative estimate of drug-likeness (QED) is 0.630. The lowest BCUT2D eigenvalue weighted by Gasteiger charge is -2.49. The maximum atomic E-state index is 12.4. The summed E-state index contributed by atoms with van der Waals surface area (Å²) in [4.78, 5) is 12.4. The molecular formula is C15H19ClO2. The van der Waals surface area contributed by atoms with Gasteiger partial charge in [0.15, 0.2) is 5.78 Å².